The first-order valence-corrected chi connectivity index (χ1v) is 5.76. The molecule has 0 aliphatic carbocycles. The van der Waals surface area contributed by atoms with Crippen molar-refractivity contribution in [3.05, 3.63) is 24.4 Å². The Morgan fingerprint density at radius 1 is 1.06 bits per heavy atom. The van der Waals surface area contributed by atoms with Crippen LogP contribution in [0.25, 0.3) is 10.9 Å². The van der Waals surface area contributed by atoms with Gasteiger partial charge in [-0.1, -0.05) is 0 Å². The highest BCUT2D eigenvalue weighted by molar-refractivity contribution is 5.84. The minimum Gasteiger partial charge on any atom is -0.462 e. The van der Waals surface area contributed by atoms with Crippen molar-refractivity contribution in [3.8, 4) is 11.5 Å². The minimum absolute atomic E-state index is 0.403. The van der Waals surface area contributed by atoms with Gasteiger partial charge >= 0.3 is 0 Å². The summed E-state index contributed by atoms with van der Waals surface area (Å²) in [7, 11) is 1.92. The summed E-state index contributed by atoms with van der Waals surface area (Å²) in [5.74, 6) is 0.810. The van der Waals surface area contributed by atoms with Gasteiger partial charge in [0.05, 0.1) is 5.52 Å². The molecule has 2 rings (SSSR count). The Kier molecular flexibility index (Phi) is 3.45. The highest BCUT2D eigenvalue weighted by Gasteiger charge is 2.13. The topological polar surface area (TPSA) is 63.9 Å². The summed E-state index contributed by atoms with van der Waals surface area (Å²) in [6, 6.07) is 5.50. The monoisotopic (exact) mass is 251 g/mol. The highest BCUT2D eigenvalue weighted by atomic mass is 16.6. The number of hydrogen-bond donors (Lipinski definition) is 2. The summed E-state index contributed by atoms with van der Waals surface area (Å²) in [5, 5.41) is 19.6. The molecule has 0 saturated heterocycles. The largest absolute Gasteiger partial charge is 0.462 e. The zero-order chi connectivity index (χ0) is 13.3. The molecule has 0 bridgehead atoms. The molecule has 0 spiro atoms. The van der Waals surface area contributed by atoms with Crippen LogP contribution in [-0.2, 0) is 7.05 Å². The van der Waals surface area contributed by atoms with Crippen LogP contribution in [0.2, 0.25) is 0 Å². The van der Waals surface area contributed by atoms with Gasteiger partial charge in [0.2, 0.25) is 0 Å². The van der Waals surface area contributed by atoms with E-state index >= 15 is 0 Å². The average molecular weight is 251 g/mol. The standard InChI is InChI=1S/C13H17NO4/c1-8(15)17-12-6-10-4-5-14(3)11(10)7-13(12)18-9(2)16/h4-9,15-16H,1-3H3/t8-,9?/m0/s1. The summed E-state index contributed by atoms with van der Waals surface area (Å²) in [5.41, 5.74) is 0.962. The van der Waals surface area contributed by atoms with Gasteiger partial charge in [0.1, 0.15) is 0 Å². The maximum atomic E-state index is 9.31. The van der Waals surface area contributed by atoms with Crippen molar-refractivity contribution in [2.24, 2.45) is 7.05 Å². The molecule has 2 aromatic rings. The summed E-state index contributed by atoms with van der Waals surface area (Å²) >= 11 is 0. The summed E-state index contributed by atoms with van der Waals surface area (Å²) in [6.07, 6.45) is 0.0322. The van der Waals surface area contributed by atoms with E-state index in [9.17, 15) is 10.2 Å². The number of nitrogens with zero attached hydrogens (tertiary/aromatic N) is 1. The molecule has 0 saturated carbocycles. The van der Waals surface area contributed by atoms with Crippen LogP contribution in [0.15, 0.2) is 24.4 Å². The first-order chi connectivity index (χ1) is 8.47. The van der Waals surface area contributed by atoms with Crippen LogP contribution >= 0.6 is 0 Å². The fourth-order valence-electron chi connectivity index (χ4n) is 1.83. The second kappa shape index (κ2) is 4.88. The molecule has 1 heterocycles. The predicted molar refractivity (Wildman–Crippen MR) is 67.5 cm³/mol. The first kappa shape index (κ1) is 12.7. The molecule has 2 N–H and O–H groups in total. The van der Waals surface area contributed by atoms with E-state index in [2.05, 4.69) is 0 Å². The number of rotatable bonds is 4. The Morgan fingerprint density at radius 2 is 1.61 bits per heavy atom. The van der Waals surface area contributed by atoms with Gasteiger partial charge in [0, 0.05) is 24.7 Å². The van der Waals surface area contributed by atoms with Crippen molar-refractivity contribution in [2.45, 2.75) is 26.4 Å². The van der Waals surface area contributed by atoms with Gasteiger partial charge in [0.15, 0.2) is 24.1 Å². The second-order valence-electron chi connectivity index (χ2n) is 4.22. The van der Waals surface area contributed by atoms with E-state index in [1.54, 1.807) is 12.1 Å². The van der Waals surface area contributed by atoms with E-state index in [1.807, 2.05) is 23.9 Å². The quantitative estimate of drug-likeness (QED) is 0.810. The molecule has 18 heavy (non-hydrogen) atoms. The van der Waals surface area contributed by atoms with Crippen LogP contribution in [-0.4, -0.2) is 27.4 Å². The third-order valence-electron chi connectivity index (χ3n) is 2.55. The molecule has 0 amide bonds. The molecule has 5 nitrogen and oxygen atoms in total. The van der Waals surface area contributed by atoms with Crippen molar-refractivity contribution in [2.75, 3.05) is 0 Å². The minimum atomic E-state index is -0.945. The SMILES string of the molecule is CC(O)Oc1cc2c(ccn2C)cc1O[C@@H](C)O. The number of benzene rings is 1. The van der Waals surface area contributed by atoms with Gasteiger partial charge in [-0.15, -0.1) is 0 Å². The molecule has 1 aromatic carbocycles. The summed E-state index contributed by atoms with van der Waals surface area (Å²) in [6.45, 7) is 3.03. The van der Waals surface area contributed by atoms with Crippen molar-refractivity contribution in [3.63, 3.8) is 0 Å². The van der Waals surface area contributed by atoms with Gasteiger partial charge in [-0.2, -0.15) is 0 Å². The number of aliphatic hydroxyl groups excluding tert-OH is 2. The van der Waals surface area contributed by atoms with E-state index in [1.165, 1.54) is 13.8 Å². The summed E-state index contributed by atoms with van der Waals surface area (Å²) in [4.78, 5) is 0. The van der Waals surface area contributed by atoms with E-state index in [-0.39, 0.29) is 0 Å². The Hall–Kier alpha value is -1.72. The van der Waals surface area contributed by atoms with E-state index in [0.29, 0.717) is 11.5 Å². The van der Waals surface area contributed by atoms with Crippen molar-refractivity contribution in [1.82, 2.24) is 4.57 Å². The van der Waals surface area contributed by atoms with Crippen LogP contribution in [0.5, 0.6) is 11.5 Å². The number of aromatic nitrogens is 1. The summed E-state index contributed by atoms with van der Waals surface area (Å²) < 4.78 is 12.5. The zero-order valence-electron chi connectivity index (χ0n) is 10.6. The lowest BCUT2D eigenvalue weighted by molar-refractivity contribution is -0.0208. The molecule has 2 atom stereocenters. The molecular weight excluding hydrogens is 234 g/mol. The van der Waals surface area contributed by atoms with Crippen molar-refractivity contribution in [1.29, 1.82) is 0 Å². The molecule has 0 radical (unpaired) electrons. The Morgan fingerprint density at radius 3 is 2.17 bits per heavy atom. The Labute approximate surface area is 105 Å². The average Bonchev–Trinajstić information content (AvgIpc) is 2.59. The van der Waals surface area contributed by atoms with Gasteiger partial charge < -0.3 is 24.3 Å². The maximum absolute atomic E-state index is 9.31. The smallest absolute Gasteiger partial charge is 0.194 e. The molecule has 0 aliphatic heterocycles. The fraction of sp³-hybridized carbons (Fsp3) is 0.385. The second-order valence-corrected chi connectivity index (χ2v) is 4.22. The van der Waals surface area contributed by atoms with E-state index in [4.69, 9.17) is 9.47 Å². The lowest BCUT2D eigenvalue weighted by Gasteiger charge is -2.16. The third-order valence-corrected chi connectivity index (χ3v) is 2.55. The lowest BCUT2D eigenvalue weighted by Crippen LogP contribution is -2.14. The van der Waals surface area contributed by atoms with Crippen LogP contribution < -0.4 is 9.47 Å². The number of fused-ring (bicyclic) bond motifs is 1. The van der Waals surface area contributed by atoms with Gasteiger partial charge in [0.25, 0.3) is 0 Å². The number of aryl methyl sites for hydroxylation is 1. The fourth-order valence-corrected chi connectivity index (χ4v) is 1.83. The first-order valence-electron chi connectivity index (χ1n) is 5.76. The predicted octanol–water partition coefficient (Wildman–Crippen LogP) is 1.61. The normalized spacial score (nSPS) is 14.5. The molecule has 5 heteroatoms. The van der Waals surface area contributed by atoms with Gasteiger partial charge in [-0.05, 0) is 26.0 Å². The van der Waals surface area contributed by atoms with Crippen LogP contribution in [0.4, 0.5) is 0 Å². The van der Waals surface area contributed by atoms with E-state index in [0.717, 1.165) is 10.9 Å². The van der Waals surface area contributed by atoms with Gasteiger partial charge in [-0.25, -0.2) is 0 Å². The van der Waals surface area contributed by atoms with Crippen LogP contribution in [0.3, 0.4) is 0 Å². The zero-order valence-corrected chi connectivity index (χ0v) is 10.6. The highest BCUT2D eigenvalue weighted by Crippen LogP contribution is 2.34. The number of aliphatic hydroxyl groups is 2. The molecule has 1 aromatic heterocycles. The molecule has 98 valence electrons. The molecule has 0 aliphatic rings. The van der Waals surface area contributed by atoms with Gasteiger partial charge in [-0.3, -0.25) is 0 Å². The van der Waals surface area contributed by atoms with Crippen molar-refractivity contribution < 1.29 is 19.7 Å². The Bertz CT molecular complexity index is 545. The third kappa shape index (κ3) is 2.57. The Balaban J connectivity index is 2.50. The van der Waals surface area contributed by atoms with Crippen LogP contribution in [0, 0.1) is 0 Å². The van der Waals surface area contributed by atoms with E-state index < -0.39 is 12.6 Å². The molecule has 1 unspecified atom stereocenters. The lowest BCUT2D eigenvalue weighted by atomic mass is 10.2. The van der Waals surface area contributed by atoms with Crippen LogP contribution in [0.1, 0.15) is 13.8 Å². The van der Waals surface area contributed by atoms with Crippen molar-refractivity contribution >= 4 is 10.9 Å². The number of hydrogen-bond acceptors (Lipinski definition) is 4. The molecule has 0 fully saturated rings. The maximum Gasteiger partial charge on any atom is 0.194 e. The molecular formula is C13H17NO4. The number of ether oxygens (including phenoxy) is 2.